The standard InChI is InChI=1S/C22H19N3O4S/c1-13-4-9-18(14(2)10-13)21-24-19(12-30-21)22(26)28-17-7-5-16(6-8-17)27-11-20-23-15(3)25-29-20/h4-10,12H,11H2,1-3H3. The highest BCUT2D eigenvalue weighted by molar-refractivity contribution is 7.13. The minimum atomic E-state index is -0.503. The maximum atomic E-state index is 12.5. The lowest BCUT2D eigenvalue weighted by atomic mass is 10.1. The van der Waals surface area contributed by atoms with E-state index in [0.29, 0.717) is 23.2 Å². The third-order valence-electron chi connectivity index (χ3n) is 4.29. The fourth-order valence-electron chi connectivity index (χ4n) is 2.85. The highest BCUT2D eigenvalue weighted by Crippen LogP contribution is 2.28. The normalized spacial score (nSPS) is 10.8. The molecule has 8 heteroatoms. The fourth-order valence-corrected chi connectivity index (χ4v) is 3.73. The van der Waals surface area contributed by atoms with E-state index in [-0.39, 0.29) is 12.3 Å². The van der Waals surface area contributed by atoms with Gasteiger partial charge in [-0.25, -0.2) is 9.78 Å². The Morgan fingerprint density at radius 2 is 1.80 bits per heavy atom. The van der Waals surface area contributed by atoms with E-state index in [9.17, 15) is 4.79 Å². The van der Waals surface area contributed by atoms with Gasteiger partial charge in [-0.2, -0.15) is 4.98 Å². The second kappa shape index (κ2) is 8.46. The lowest BCUT2D eigenvalue weighted by Crippen LogP contribution is -2.08. The Kier molecular flexibility index (Phi) is 5.58. The Bertz CT molecular complexity index is 1180. The Balaban J connectivity index is 1.38. The number of hydrogen-bond acceptors (Lipinski definition) is 8. The molecule has 0 saturated heterocycles. The van der Waals surface area contributed by atoms with Gasteiger partial charge >= 0.3 is 5.97 Å². The molecule has 0 saturated carbocycles. The van der Waals surface area contributed by atoms with Crippen LogP contribution < -0.4 is 9.47 Å². The van der Waals surface area contributed by atoms with Gasteiger partial charge in [-0.05, 0) is 50.6 Å². The van der Waals surface area contributed by atoms with Crippen LogP contribution in [0, 0.1) is 20.8 Å². The molecule has 30 heavy (non-hydrogen) atoms. The van der Waals surface area contributed by atoms with Crippen molar-refractivity contribution in [1.29, 1.82) is 0 Å². The third kappa shape index (κ3) is 4.55. The number of hydrogen-bond donors (Lipinski definition) is 0. The van der Waals surface area contributed by atoms with Crippen molar-refractivity contribution in [2.75, 3.05) is 0 Å². The number of carbonyl (C=O) groups is 1. The van der Waals surface area contributed by atoms with E-state index in [2.05, 4.69) is 21.2 Å². The van der Waals surface area contributed by atoms with Crippen LogP contribution in [-0.4, -0.2) is 21.1 Å². The van der Waals surface area contributed by atoms with Gasteiger partial charge in [0.2, 0.25) is 0 Å². The maximum absolute atomic E-state index is 12.5. The predicted molar refractivity (Wildman–Crippen MR) is 112 cm³/mol. The summed E-state index contributed by atoms with van der Waals surface area (Å²) < 4.78 is 16.0. The van der Waals surface area contributed by atoms with E-state index in [1.54, 1.807) is 36.6 Å². The van der Waals surface area contributed by atoms with E-state index in [4.69, 9.17) is 14.0 Å². The number of rotatable bonds is 6. The van der Waals surface area contributed by atoms with Crippen LogP contribution in [0.4, 0.5) is 0 Å². The second-order valence-electron chi connectivity index (χ2n) is 6.74. The molecule has 0 amide bonds. The average molecular weight is 421 g/mol. The van der Waals surface area contributed by atoms with Crippen molar-refractivity contribution in [3.63, 3.8) is 0 Å². The van der Waals surface area contributed by atoms with Crippen LogP contribution in [0.5, 0.6) is 11.5 Å². The molecule has 152 valence electrons. The minimum Gasteiger partial charge on any atom is -0.484 e. The van der Waals surface area contributed by atoms with Crippen LogP contribution in [0.25, 0.3) is 10.6 Å². The molecule has 7 nitrogen and oxygen atoms in total. The fraction of sp³-hybridized carbons (Fsp3) is 0.182. The zero-order chi connectivity index (χ0) is 21.1. The lowest BCUT2D eigenvalue weighted by Gasteiger charge is -2.05. The Morgan fingerprint density at radius 1 is 1.03 bits per heavy atom. The molecule has 0 unspecified atom stereocenters. The molecule has 0 aliphatic carbocycles. The monoisotopic (exact) mass is 421 g/mol. The van der Waals surface area contributed by atoms with Crippen molar-refractivity contribution in [3.8, 4) is 22.1 Å². The SMILES string of the molecule is Cc1ccc(-c2nc(C(=O)Oc3ccc(OCc4nc(C)no4)cc3)cs2)c(C)c1. The quantitative estimate of drug-likeness (QED) is 0.323. The minimum absolute atomic E-state index is 0.167. The molecule has 2 heterocycles. The summed E-state index contributed by atoms with van der Waals surface area (Å²) in [5.41, 5.74) is 3.60. The van der Waals surface area contributed by atoms with Crippen molar-refractivity contribution in [1.82, 2.24) is 15.1 Å². The maximum Gasteiger partial charge on any atom is 0.363 e. The van der Waals surface area contributed by atoms with Gasteiger partial charge in [-0.15, -0.1) is 11.3 Å². The largest absolute Gasteiger partial charge is 0.484 e. The molecule has 2 aromatic carbocycles. The molecule has 0 aliphatic rings. The molecule has 0 N–H and O–H groups in total. The summed E-state index contributed by atoms with van der Waals surface area (Å²) in [4.78, 5) is 21.0. The van der Waals surface area contributed by atoms with Crippen molar-refractivity contribution >= 4 is 17.3 Å². The predicted octanol–water partition coefficient (Wildman–Crippen LogP) is 4.92. The van der Waals surface area contributed by atoms with Gasteiger partial charge in [-0.1, -0.05) is 28.9 Å². The van der Waals surface area contributed by atoms with Crippen molar-refractivity contribution in [3.05, 3.63) is 76.4 Å². The van der Waals surface area contributed by atoms with Crippen molar-refractivity contribution in [2.45, 2.75) is 27.4 Å². The zero-order valence-corrected chi connectivity index (χ0v) is 17.5. The van der Waals surface area contributed by atoms with Crippen LogP contribution in [0.2, 0.25) is 0 Å². The molecule has 0 fully saturated rings. The third-order valence-corrected chi connectivity index (χ3v) is 5.17. The second-order valence-corrected chi connectivity index (χ2v) is 7.60. The van der Waals surface area contributed by atoms with E-state index < -0.39 is 5.97 Å². The topological polar surface area (TPSA) is 87.3 Å². The molecule has 4 aromatic rings. The van der Waals surface area contributed by atoms with Gasteiger partial charge in [0, 0.05) is 10.9 Å². The van der Waals surface area contributed by atoms with E-state index in [1.165, 1.54) is 16.9 Å². The Labute approximate surface area is 177 Å². The van der Waals surface area contributed by atoms with Gasteiger partial charge < -0.3 is 14.0 Å². The highest BCUT2D eigenvalue weighted by Gasteiger charge is 2.15. The van der Waals surface area contributed by atoms with Crippen molar-refractivity contribution in [2.24, 2.45) is 0 Å². The smallest absolute Gasteiger partial charge is 0.363 e. The molecule has 4 rings (SSSR count). The molecular weight excluding hydrogens is 402 g/mol. The summed E-state index contributed by atoms with van der Waals surface area (Å²) in [6, 6.07) is 12.9. The van der Waals surface area contributed by atoms with Crippen LogP contribution in [0.3, 0.4) is 0 Å². The summed E-state index contributed by atoms with van der Waals surface area (Å²) in [5, 5.41) is 6.21. The Hall–Kier alpha value is -3.52. The van der Waals surface area contributed by atoms with Crippen LogP contribution in [0.1, 0.15) is 33.3 Å². The van der Waals surface area contributed by atoms with E-state index in [0.717, 1.165) is 16.1 Å². The number of thiazole rings is 1. The Morgan fingerprint density at radius 3 is 2.50 bits per heavy atom. The van der Waals surface area contributed by atoms with E-state index in [1.807, 2.05) is 26.0 Å². The number of ether oxygens (including phenoxy) is 2. The first-order chi connectivity index (χ1) is 14.5. The van der Waals surface area contributed by atoms with Gasteiger partial charge in [0.25, 0.3) is 5.89 Å². The number of esters is 1. The molecule has 0 bridgehead atoms. The van der Waals surface area contributed by atoms with Crippen LogP contribution >= 0.6 is 11.3 Å². The number of aromatic nitrogens is 3. The molecular formula is C22H19N3O4S. The first kappa shape index (κ1) is 19.8. The number of aryl methyl sites for hydroxylation is 3. The lowest BCUT2D eigenvalue weighted by molar-refractivity contribution is 0.0729. The number of nitrogens with zero attached hydrogens (tertiary/aromatic N) is 3. The summed E-state index contributed by atoms with van der Waals surface area (Å²) in [5.74, 6) is 1.44. The molecule has 0 spiro atoms. The van der Waals surface area contributed by atoms with Crippen molar-refractivity contribution < 1.29 is 18.8 Å². The van der Waals surface area contributed by atoms with Crippen LogP contribution in [-0.2, 0) is 6.61 Å². The summed E-state index contributed by atoms with van der Waals surface area (Å²) in [6.07, 6.45) is 0. The molecule has 0 aliphatic heterocycles. The first-order valence-electron chi connectivity index (χ1n) is 9.25. The van der Waals surface area contributed by atoms with Gasteiger partial charge in [0.1, 0.15) is 16.5 Å². The zero-order valence-electron chi connectivity index (χ0n) is 16.7. The van der Waals surface area contributed by atoms with Gasteiger partial charge in [0.15, 0.2) is 18.1 Å². The highest BCUT2D eigenvalue weighted by atomic mass is 32.1. The summed E-state index contributed by atoms with van der Waals surface area (Å²) in [7, 11) is 0. The first-order valence-corrected chi connectivity index (χ1v) is 10.1. The molecule has 0 atom stereocenters. The van der Waals surface area contributed by atoms with E-state index >= 15 is 0 Å². The summed E-state index contributed by atoms with van der Waals surface area (Å²) in [6.45, 7) is 5.98. The van der Waals surface area contributed by atoms with Crippen LogP contribution in [0.15, 0.2) is 52.4 Å². The number of benzene rings is 2. The number of carbonyl (C=O) groups excluding carboxylic acids is 1. The average Bonchev–Trinajstić information content (AvgIpc) is 3.37. The molecule has 2 aromatic heterocycles. The summed E-state index contributed by atoms with van der Waals surface area (Å²) >= 11 is 1.42. The molecule has 0 radical (unpaired) electrons. The van der Waals surface area contributed by atoms with Gasteiger partial charge in [-0.3, -0.25) is 0 Å². The van der Waals surface area contributed by atoms with Gasteiger partial charge in [0.05, 0.1) is 0 Å².